The van der Waals surface area contributed by atoms with E-state index < -0.39 is 11.9 Å². The smallest absolute Gasteiger partial charge is 0.220 e. The minimum absolute atomic E-state index is 0.0155. The third-order valence-corrected chi connectivity index (χ3v) is 5.73. The van der Waals surface area contributed by atoms with Gasteiger partial charge in [-0.05, 0) is 78.5 Å². The Morgan fingerprint density at radius 2 is 1.63 bits per heavy atom. The van der Waals surface area contributed by atoms with Crippen molar-refractivity contribution in [3.8, 4) is 0 Å². The van der Waals surface area contributed by atoms with Crippen LogP contribution in [0.2, 0.25) is 0 Å². The lowest BCUT2D eigenvalue weighted by molar-refractivity contribution is -0.149. The molecule has 1 heterocycles. The summed E-state index contributed by atoms with van der Waals surface area (Å²) in [4.78, 5) is 12.4. The highest BCUT2D eigenvalue weighted by molar-refractivity contribution is 5.77. The maximum Gasteiger partial charge on any atom is 0.220 e. The molecular formula is C33H69N3O5. The van der Waals surface area contributed by atoms with E-state index in [0.717, 1.165) is 30.9 Å². The normalized spacial score (nSPS) is 16.7. The first-order chi connectivity index (χ1) is 19.0. The van der Waals surface area contributed by atoms with Gasteiger partial charge in [0.2, 0.25) is 12.2 Å². The van der Waals surface area contributed by atoms with Crippen molar-refractivity contribution < 1.29 is 24.1 Å². The van der Waals surface area contributed by atoms with Gasteiger partial charge in [-0.15, -0.1) is 0 Å². The molecule has 1 aliphatic heterocycles. The summed E-state index contributed by atoms with van der Waals surface area (Å²) in [5.74, 6) is 1.61. The molecule has 0 radical (unpaired) electrons. The van der Waals surface area contributed by atoms with Crippen LogP contribution >= 0.6 is 0 Å². The average molecular weight is 588 g/mol. The summed E-state index contributed by atoms with van der Waals surface area (Å²) in [6.07, 6.45) is 4.86. The molecular weight excluding hydrogens is 518 g/mol. The predicted octanol–water partition coefficient (Wildman–Crippen LogP) is 6.69. The van der Waals surface area contributed by atoms with E-state index in [2.05, 4.69) is 22.5 Å². The lowest BCUT2D eigenvalue weighted by atomic mass is 9.91. The van der Waals surface area contributed by atoms with Gasteiger partial charge in [0.15, 0.2) is 0 Å². The van der Waals surface area contributed by atoms with Crippen molar-refractivity contribution in [1.82, 2.24) is 16.0 Å². The third kappa shape index (κ3) is 25.8. The number of rotatable bonds is 14. The molecule has 1 amide bonds. The maximum atomic E-state index is 12.4. The molecule has 246 valence electrons. The average Bonchev–Trinajstić information content (AvgIpc) is 2.88. The zero-order valence-electron chi connectivity index (χ0n) is 29.4. The fourth-order valence-electron chi connectivity index (χ4n) is 3.72. The first-order valence-electron chi connectivity index (χ1n) is 15.7. The van der Waals surface area contributed by atoms with Gasteiger partial charge < -0.3 is 35.3 Å². The molecule has 8 nitrogen and oxygen atoms in total. The van der Waals surface area contributed by atoms with Crippen LogP contribution in [0.4, 0.5) is 0 Å². The van der Waals surface area contributed by atoms with Crippen LogP contribution in [0.25, 0.3) is 0 Å². The highest BCUT2D eigenvalue weighted by atomic mass is 16.7. The molecule has 8 heteroatoms. The van der Waals surface area contributed by atoms with Crippen LogP contribution in [0.1, 0.15) is 122 Å². The topological polar surface area (TPSA) is 101 Å². The number of ether oxygens (including phenoxy) is 3. The van der Waals surface area contributed by atoms with Gasteiger partial charge >= 0.3 is 0 Å². The highest BCUT2D eigenvalue weighted by Gasteiger charge is 2.30. The van der Waals surface area contributed by atoms with Crippen LogP contribution in [0, 0.1) is 5.41 Å². The number of likely N-dealkylation sites (N-methyl/N-ethyl adjacent to an activating group) is 1. The predicted molar refractivity (Wildman–Crippen MR) is 175 cm³/mol. The Balaban J connectivity index is -0.00000102. The molecule has 0 unspecified atom stereocenters. The van der Waals surface area contributed by atoms with Crippen molar-refractivity contribution in [2.24, 2.45) is 5.41 Å². The Kier molecular flexibility index (Phi) is 25.6. The number of hydrogen-bond donors (Lipinski definition) is 4. The van der Waals surface area contributed by atoms with Gasteiger partial charge in [0, 0.05) is 13.0 Å². The zero-order chi connectivity index (χ0) is 32.7. The van der Waals surface area contributed by atoms with E-state index >= 15 is 0 Å². The summed E-state index contributed by atoms with van der Waals surface area (Å²) in [6.45, 7) is 32.2. The van der Waals surface area contributed by atoms with E-state index in [1.807, 2.05) is 103 Å². The molecule has 0 aliphatic carbocycles. The molecule has 0 fully saturated rings. The lowest BCUT2D eigenvalue weighted by Gasteiger charge is -2.33. The van der Waals surface area contributed by atoms with Gasteiger partial charge in [0.05, 0.1) is 30.6 Å². The van der Waals surface area contributed by atoms with Crippen LogP contribution in [0.3, 0.4) is 0 Å². The lowest BCUT2D eigenvalue weighted by Crippen LogP contribution is -2.48. The largest absolute Gasteiger partial charge is 0.493 e. The molecule has 1 rings (SSSR count). The molecule has 0 aromatic carbocycles. The van der Waals surface area contributed by atoms with Crippen molar-refractivity contribution in [2.75, 3.05) is 33.3 Å². The number of allylic oxidation sites excluding steroid dienone is 1. The fraction of sp³-hybridized carbons (Fsp3) is 0.848. The van der Waals surface area contributed by atoms with Crippen LogP contribution in [0.5, 0.6) is 0 Å². The summed E-state index contributed by atoms with van der Waals surface area (Å²) in [5.41, 5.74) is -0.742. The van der Waals surface area contributed by atoms with Gasteiger partial charge in [-0.25, -0.2) is 0 Å². The Bertz CT molecular complexity index is 692. The Morgan fingerprint density at radius 3 is 2.05 bits per heavy atom. The number of aliphatic hydroxyl groups is 1. The number of hydrogen-bond acceptors (Lipinski definition) is 7. The summed E-state index contributed by atoms with van der Waals surface area (Å²) >= 11 is 0. The molecule has 0 aromatic heterocycles. The molecule has 2 atom stereocenters. The van der Waals surface area contributed by atoms with Crippen LogP contribution < -0.4 is 16.0 Å². The standard InChI is InChI=1S/C22H43N3O4.C7H14O.2C2H6/c1-7-22(27,8-2)11-12-24-16-17-9-10-18(20(29-17)28-14-13-23-6)25-19(26)15-21(3,4)5;1-6(2)8-7(3,4)5;2*1-2/h9,18,20,23-24,27H,7-8,10-16H2,1-6H3,(H,25,26);1H2,2-5H3;2*1-2H3/t18-,20+;;;/m1.../s1. The van der Waals surface area contributed by atoms with Gasteiger partial charge in [-0.2, -0.15) is 0 Å². The fourth-order valence-corrected chi connectivity index (χ4v) is 3.72. The number of amides is 1. The second-order valence-corrected chi connectivity index (χ2v) is 12.1. The second kappa shape index (κ2) is 23.9. The molecule has 0 saturated heterocycles. The summed E-state index contributed by atoms with van der Waals surface area (Å²) in [7, 11) is 1.87. The highest BCUT2D eigenvalue weighted by Crippen LogP contribution is 2.22. The van der Waals surface area contributed by atoms with E-state index in [0.29, 0.717) is 39.0 Å². The van der Waals surface area contributed by atoms with Gasteiger partial charge in [-0.1, -0.05) is 68.9 Å². The van der Waals surface area contributed by atoms with Gasteiger partial charge in [0.1, 0.15) is 11.4 Å². The summed E-state index contributed by atoms with van der Waals surface area (Å²) < 4.78 is 17.2. The van der Waals surface area contributed by atoms with Gasteiger partial charge in [0.25, 0.3) is 0 Å². The van der Waals surface area contributed by atoms with E-state index in [9.17, 15) is 9.90 Å². The third-order valence-electron chi connectivity index (χ3n) is 5.73. The number of carbonyl (C=O) groups excluding carboxylic acids is 1. The summed E-state index contributed by atoms with van der Waals surface area (Å²) in [6, 6.07) is -0.198. The minimum atomic E-state index is -0.601. The van der Waals surface area contributed by atoms with Gasteiger partial charge in [-0.3, -0.25) is 4.79 Å². The van der Waals surface area contributed by atoms with E-state index in [-0.39, 0.29) is 23.0 Å². The van der Waals surface area contributed by atoms with E-state index in [1.54, 1.807) is 0 Å². The van der Waals surface area contributed by atoms with Crippen molar-refractivity contribution in [3.63, 3.8) is 0 Å². The van der Waals surface area contributed by atoms with Crippen molar-refractivity contribution in [2.45, 2.75) is 146 Å². The molecule has 0 spiro atoms. The van der Waals surface area contributed by atoms with Crippen LogP contribution in [0.15, 0.2) is 24.2 Å². The molecule has 0 saturated carbocycles. The van der Waals surface area contributed by atoms with E-state index in [4.69, 9.17) is 14.2 Å². The van der Waals surface area contributed by atoms with Crippen LogP contribution in [-0.2, 0) is 19.0 Å². The second-order valence-electron chi connectivity index (χ2n) is 12.1. The number of nitrogens with one attached hydrogen (secondary N) is 3. The monoisotopic (exact) mass is 588 g/mol. The first-order valence-corrected chi connectivity index (χ1v) is 15.7. The van der Waals surface area contributed by atoms with Crippen molar-refractivity contribution in [1.29, 1.82) is 0 Å². The van der Waals surface area contributed by atoms with E-state index in [1.165, 1.54) is 0 Å². The van der Waals surface area contributed by atoms with Crippen LogP contribution in [-0.4, -0.2) is 67.8 Å². The number of carbonyl (C=O) groups is 1. The maximum absolute atomic E-state index is 12.4. The first kappa shape index (κ1) is 43.8. The molecule has 41 heavy (non-hydrogen) atoms. The minimum Gasteiger partial charge on any atom is -0.493 e. The SMILES string of the molecule is C=C(C)OC(C)(C)C.CC.CC.CCC(O)(CC)CCNCC1=CC[C@@H](NC(=O)CC(C)(C)C)[C@@H](OCCNC)O1. The molecule has 0 bridgehead atoms. The van der Waals surface area contributed by atoms with Crippen molar-refractivity contribution >= 4 is 5.91 Å². The Hall–Kier alpha value is -1.61. The zero-order valence-corrected chi connectivity index (χ0v) is 29.4. The Morgan fingerprint density at radius 1 is 1.07 bits per heavy atom. The molecule has 1 aliphatic rings. The quantitative estimate of drug-likeness (QED) is 0.133. The molecule has 4 N–H and O–H groups in total. The summed E-state index contributed by atoms with van der Waals surface area (Å²) in [5, 5.41) is 19.8. The molecule has 0 aromatic rings. The Labute approximate surface area is 254 Å². The van der Waals surface area contributed by atoms with Crippen molar-refractivity contribution in [3.05, 3.63) is 24.2 Å².